The van der Waals surface area contributed by atoms with Gasteiger partial charge in [0.25, 0.3) is 5.91 Å². The normalized spacial score (nSPS) is 17.4. The molecular weight excluding hydrogens is 467 g/mol. The number of amides is 1. The van der Waals surface area contributed by atoms with Crippen LogP contribution < -0.4 is 10.6 Å². The summed E-state index contributed by atoms with van der Waals surface area (Å²) in [7, 11) is 0. The molecule has 180 valence electrons. The minimum absolute atomic E-state index is 0.0813. The van der Waals surface area contributed by atoms with Crippen LogP contribution in [0.25, 0.3) is 11.1 Å². The van der Waals surface area contributed by atoms with Gasteiger partial charge < -0.3 is 15.2 Å². The van der Waals surface area contributed by atoms with Crippen LogP contribution >= 0.6 is 11.6 Å². The third-order valence-electron chi connectivity index (χ3n) is 6.15. The molecule has 1 saturated heterocycles. The summed E-state index contributed by atoms with van der Waals surface area (Å²) < 4.78 is 45.2. The Morgan fingerprint density at radius 3 is 2.62 bits per heavy atom. The van der Waals surface area contributed by atoms with Crippen molar-refractivity contribution in [3.05, 3.63) is 75.6 Å². The monoisotopic (exact) mass is 491 g/mol. The van der Waals surface area contributed by atoms with Crippen molar-refractivity contribution >= 4 is 17.5 Å². The number of aromatic nitrogens is 1. The van der Waals surface area contributed by atoms with Crippen LogP contribution in [0.4, 0.5) is 13.2 Å². The number of hydrogen-bond donors (Lipinski definition) is 2. The van der Waals surface area contributed by atoms with E-state index < -0.39 is 28.7 Å². The topological polar surface area (TPSA) is 67.2 Å². The molecule has 0 bridgehead atoms. The number of piperidine rings is 1. The lowest BCUT2D eigenvalue weighted by Crippen LogP contribution is -2.46. The van der Waals surface area contributed by atoms with Crippen LogP contribution in [0.3, 0.4) is 0 Å². The van der Waals surface area contributed by atoms with Gasteiger partial charge in [-0.25, -0.2) is 0 Å². The predicted octanol–water partition coefficient (Wildman–Crippen LogP) is 6.24. The molecule has 2 heterocycles. The van der Waals surface area contributed by atoms with Gasteiger partial charge in [0.15, 0.2) is 0 Å². The summed E-state index contributed by atoms with van der Waals surface area (Å²) in [6.07, 6.45) is -1.83. The van der Waals surface area contributed by atoms with Gasteiger partial charge in [-0.2, -0.15) is 13.2 Å². The van der Waals surface area contributed by atoms with Crippen molar-refractivity contribution < 1.29 is 22.5 Å². The van der Waals surface area contributed by atoms with Crippen molar-refractivity contribution in [3.63, 3.8) is 0 Å². The van der Waals surface area contributed by atoms with Crippen LogP contribution in [-0.4, -0.2) is 23.7 Å². The highest BCUT2D eigenvalue weighted by atomic mass is 35.5. The summed E-state index contributed by atoms with van der Waals surface area (Å²) in [6.45, 7) is 4.49. The predicted molar refractivity (Wildman–Crippen MR) is 124 cm³/mol. The van der Waals surface area contributed by atoms with Crippen LogP contribution in [0.15, 0.2) is 47.0 Å². The fourth-order valence-electron chi connectivity index (χ4n) is 4.51. The second kappa shape index (κ2) is 9.80. The molecule has 1 unspecified atom stereocenters. The molecule has 3 aromatic rings. The average molecular weight is 492 g/mol. The van der Waals surface area contributed by atoms with Crippen molar-refractivity contribution in [3.8, 4) is 11.1 Å². The summed E-state index contributed by atoms with van der Waals surface area (Å²) in [5.41, 5.74) is 2.11. The van der Waals surface area contributed by atoms with Crippen molar-refractivity contribution in [1.82, 2.24) is 15.8 Å². The quantitative estimate of drug-likeness (QED) is 0.443. The molecule has 1 amide bonds. The SMILES string of the molecule is Cc1noc(C)c1-c1cccc(C(NC(=O)c2cccc(C(F)(F)F)c2Cl)[C@@H]2CCCCN2)c1. The van der Waals surface area contributed by atoms with Crippen LogP contribution in [0.2, 0.25) is 5.02 Å². The number of nitrogens with one attached hydrogen (secondary N) is 2. The van der Waals surface area contributed by atoms with Gasteiger partial charge in [0.1, 0.15) is 5.76 Å². The molecule has 0 saturated carbocycles. The molecule has 1 aromatic heterocycles. The summed E-state index contributed by atoms with van der Waals surface area (Å²) in [6, 6.07) is 10.5. The Morgan fingerprint density at radius 1 is 1.21 bits per heavy atom. The molecule has 2 atom stereocenters. The zero-order valence-electron chi connectivity index (χ0n) is 18.8. The molecular formula is C25H25ClF3N3O2. The Hall–Kier alpha value is -2.84. The second-order valence-corrected chi connectivity index (χ2v) is 8.88. The smallest absolute Gasteiger partial charge is 0.361 e. The number of aryl methyl sites for hydroxylation is 2. The second-order valence-electron chi connectivity index (χ2n) is 8.50. The Kier molecular flexibility index (Phi) is 7.00. The Morgan fingerprint density at radius 2 is 1.97 bits per heavy atom. The number of rotatable bonds is 5. The van der Waals surface area contributed by atoms with Crippen molar-refractivity contribution in [2.75, 3.05) is 6.54 Å². The minimum atomic E-state index is -4.65. The maximum Gasteiger partial charge on any atom is 0.417 e. The molecule has 0 radical (unpaired) electrons. The van der Waals surface area contributed by atoms with E-state index in [2.05, 4.69) is 15.8 Å². The lowest BCUT2D eigenvalue weighted by atomic mass is 9.90. The molecule has 5 nitrogen and oxygen atoms in total. The zero-order chi connectivity index (χ0) is 24.5. The largest absolute Gasteiger partial charge is 0.417 e. The number of alkyl halides is 3. The van der Waals surface area contributed by atoms with Gasteiger partial charge in [0.05, 0.1) is 27.9 Å². The van der Waals surface area contributed by atoms with Crippen molar-refractivity contribution in [2.24, 2.45) is 0 Å². The fraction of sp³-hybridized carbons (Fsp3) is 0.360. The fourth-order valence-corrected chi connectivity index (χ4v) is 4.83. The van der Waals surface area contributed by atoms with Crippen molar-refractivity contribution in [1.29, 1.82) is 0 Å². The van der Waals surface area contributed by atoms with E-state index in [1.165, 1.54) is 12.1 Å². The van der Waals surface area contributed by atoms with Gasteiger partial charge >= 0.3 is 6.18 Å². The third-order valence-corrected chi connectivity index (χ3v) is 6.56. The lowest BCUT2D eigenvalue weighted by molar-refractivity contribution is -0.137. The van der Waals surface area contributed by atoms with Crippen LogP contribution in [0.1, 0.15) is 58.2 Å². The Bertz CT molecular complexity index is 1170. The van der Waals surface area contributed by atoms with Gasteiger partial charge in [0, 0.05) is 11.6 Å². The van der Waals surface area contributed by atoms with Crippen molar-refractivity contribution in [2.45, 2.75) is 51.4 Å². The first-order chi connectivity index (χ1) is 16.2. The van der Waals surface area contributed by atoms with Crippen LogP contribution in [-0.2, 0) is 6.18 Å². The summed E-state index contributed by atoms with van der Waals surface area (Å²) in [5.74, 6) is 0.0259. The highest BCUT2D eigenvalue weighted by Gasteiger charge is 2.35. The molecule has 1 fully saturated rings. The first-order valence-electron chi connectivity index (χ1n) is 11.1. The van der Waals surface area contributed by atoms with E-state index in [1.807, 2.05) is 38.1 Å². The van der Waals surface area contributed by atoms with Gasteiger partial charge in [-0.05, 0) is 62.6 Å². The van der Waals surface area contributed by atoms with E-state index in [4.69, 9.17) is 16.1 Å². The number of halogens is 4. The first kappa shape index (κ1) is 24.3. The molecule has 1 aliphatic heterocycles. The van der Waals surface area contributed by atoms with Gasteiger partial charge in [-0.3, -0.25) is 4.79 Å². The standard InChI is InChI=1S/C25H25ClF3N3O2/c1-14-21(15(2)34-32-14)16-7-5-8-17(13-16)23(20-11-3-4-12-30-20)31-24(33)18-9-6-10-19(22(18)26)25(27,28)29/h5-10,13,20,23,30H,3-4,11-12H2,1-2H3,(H,31,33)/t20-,23?/m0/s1. The van der Waals surface area contributed by atoms with E-state index in [0.717, 1.165) is 54.3 Å². The van der Waals surface area contributed by atoms with Gasteiger partial charge in [0.2, 0.25) is 0 Å². The number of hydrogen-bond acceptors (Lipinski definition) is 4. The Labute approximate surface area is 200 Å². The van der Waals surface area contributed by atoms with E-state index >= 15 is 0 Å². The molecule has 2 N–H and O–H groups in total. The maximum atomic E-state index is 13.3. The third kappa shape index (κ3) is 4.98. The van der Waals surface area contributed by atoms with E-state index in [0.29, 0.717) is 5.76 Å². The number of carbonyl (C=O) groups is 1. The molecule has 0 aliphatic carbocycles. The van der Waals surface area contributed by atoms with E-state index in [9.17, 15) is 18.0 Å². The van der Waals surface area contributed by atoms with Gasteiger partial charge in [-0.1, -0.05) is 47.4 Å². The molecule has 1 aliphatic rings. The number of carbonyl (C=O) groups excluding carboxylic acids is 1. The van der Waals surface area contributed by atoms with E-state index in [-0.39, 0.29) is 11.6 Å². The lowest BCUT2D eigenvalue weighted by Gasteiger charge is -2.32. The van der Waals surface area contributed by atoms with Crippen LogP contribution in [0.5, 0.6) is 0 Å². The molecule has 34 heavy (non-hydrogen) atoms. The number of nitrogens with zero attached hydrogens (tertiary/aromatic N) is 1. The maximum absolute atomic E-state index is 13.3. The molecule has 0 spiro atoms. The highest BCUT2D eigenvalue weighted by molar-refractivity contribution is 6.34. The Balaban J connectivity index is 1.70. The minimum Gasteiger partial charge on any atom is -0.361 e. The van der Waals surface area contributed by atoms with Gasteiger partial charge in [-0.15, -0.1) is 0 Å². The summed E-state index contributed by atoms with van der Waals surface area (Å²) >= 11 is 6.02. The first-order valence-corrected chi connectivity index (χ1v) is 11.5. The summed E-state index contributed by atoms with van der Waals surface area (Å²) in [4.78, 5) is 13.2. The highest BCUT2D eigenvalue weighted by Crippen LogP contribution is 2.37. The summed E-state index contributed by atoms with van der Waals surface area (Å²) in [5, 5.41) is 9.81. The molecule has 2 aromatic carbocycles. The molecule has 4 rings (SSSR count). The van der Waals surface area contributed by atoms with E-state index in [1.54, 1.807) is 0 Å². The van der Waals surface area contributed by atoms with Crippen LogP contribution in [0, 0.1) is 13.8 Å². The number of benzene rings is 2. The zero-order valence-corrected chi connectivity index (χ0v) is 19.6. The average Bonchev–Trinajstić information content (AvgIpc) is 3.15. The molecule has 9 heteroatoms.